The van der Waals surface area contributed by atoms with Gasteiger partial charge in [0, 0.05) is 5.69 Å². The van der Waals surface area contributed by atoms with Gasteiger partial charge in [0.25, 0.3) is 0 Å². The van der Waals surface area contributed by atoms with E-state index in [1.54, 1.807) is 4.57 Å². The van der Waals surface area contributed by atoms with E-state index in [2.05, 4.69) is 61.4 Å². The highest BCUT2D eigenvalue weighted by molar-refractivity contribution is 5.92. The Kier molecular flexibility index (Phi) is 4.73. The first-order valence-electron chi connectivity index (χ1n) is 7.24. The number of nitrogens with zero attached hydrogens (tertiary/aromatic N) is 3. The lowest BCUT2D eigenvalue weighted by Gasteiger charge is -2.20. The first kappa shape index (κ1) is 15.2. The number of hydrogen-bond donors (Lipinski definition) is 1. The molecule has 112 valence electrons. The SMILES string of the molecule is CC(C)c1cccc(C(C)C)c1NC(=O)Cn1cnnc1. The fourth-order valence-electron chi connectivity index (χ4n) is 2.34. The highest BCUT2D eigenvalue weighted by atomic mass is 16.1. The Hall–Kier alpha value is -2.17. The molecule has 1 aromatic heterocycles. The van der Waals surface area contributed by atoms with Gasteiger partial charge in [0.2, 0.25) is 5.91 Å². The molecule has 0 spiro atoms. The predicted octanol–water partition coefficient (Wildman–Crippen LogP) is 3.16. The maximum atomic E-state index is 12.2. The smallest absolute Gasteiger partial charge is 0.244 e. The minimum Gasteiger partial charge on any atom is -0.324 e. The van der Waals surface area contributed by atoms with Gasteiger partial charge in [-0.1, -0.05) is 45.9 Å². The lowest BCUT2D eigenvalue weighted by atomic mass is 9.92. The molecular weight excluding hydrogens is 264 g/mol. The number of carbonyl (C=O) groups is 1. The molecule has 2 aromatic rings. The molecule has 0 atom stereocenters. The van der Waals surface area contributed by atoms with E-state index >= 15 is 0 Å². The summed E-state index contributed by atoms with van der Waals surface area (Å²) in [6.07, 6.45) is 3.08. The van der Waals surface area contributed by atoms with E-state index in [9.17, 15) is 4.79 Å². The molecule has 5 heteroatoms. The third-order valence-electron chi connectivity index (χ3n) is 3.43. The second kappa shape index (κ2) is 6.52. The summed E-state index contributed by atoms with van der Waals surface area (Å²) >= 11 is 0. The third-order valence-corrected chi connectivity index (χ3v) is 3.43. The standard InChI is InChI=1S/C16H22N4O/c1-11(2)13-6-5-7-14(12(3)4)16(13)19-15(21)8-20-9-17-18-10-20/h5-7,9-12H,8H2,1-4H3,(H,19,21). The number of rotatable bonds is 5. The van der Waals surface area contributed by atoms with Gasteiger partial charge in [-0.15, -0.1) is 10.2 Å². The average molecular weight is 286 g/mol. The predicted molar refractivity (Wildman–Crippen MR) is 83.3 cm³/mol. The molecule has 1 amide bonds. The van der Waals surface area contributed by atoms with Crippen LogP contribution in [0.4, 0.5) is 5.69 Å². The van der Waals surface area contributed by atoms with Crippen molar-refractivity contribution < 1.29 is 4.79 Å². The van der Waals surface area contributed by atoms with Crippen molar-refractivity contribution in [2.24, 2.45) is 0 Å². The Morgan fingerprint density at radius 3 is 2.10 bits per heavy atom. The highest BCUT2D eigenvalue weighted by Gasteiger charge is 2.15. The summed E-state index contributed by atoms with van der Waals surface area (Å²) in [5.41, 5.74) is 3.28. The first-order valence-corrected chi connectivity index (χ1v) is 7.24. The normalized spacial score (nSPS) is 11.1. The first-order chi connectivity index (χ1) is 9.99. The van der Waals surface area contributed by atoms with Crippen molar-refractivity contribution in [1.29, 1.82) is 0 Å². The molecular formula is C16H22N4O. The minimum atomic E-state index is -0.0650. The average Bonchev–Trinajstić information content (AvgIpc) is 2.91. The van der Waals surface area contributed by atoms with Crippen molar-refractivity contribution in [2.45, 2.75) is 46.1 Å². The van der Waals surface area contributed by atoms with Crippen LogP contribution in [0.3, 0.4) is 0 Å². The molecule has 0 saturated carbocycles. The zero-order chi connectivity index (χ0) is 15.4. The lowest BCUT2D eigenvalue weighted by Crippen LogP contribution is -2.20. The number of aromatic nitrogens is 3. The largest absolute Gasteiger partial charge is 0.324 e. The van der Waals surface area contributed by atoms with Crippen LogP contribution in [0.15, 0.2) is 30.9 Å². The molecule has 0 aliphatic heterocycles. The maximum absolute atomic E-state index is 12.2. The van der Waals surface area contributed by atoms with E-state index < -0.39 is 0 Å². The monoisotopic (exact) mass is 286 g/mol. The van der Waals surface area contributed by atoms with Crippen LogP contribution in [0.5, 0.6) is 0 Å². The molecule has 0 fully saturated rings. The minimum absolute atomic E-state index is 0.0650. The highest BCUT2D eigenvalue weighted by Crippen LogP contribution is 2.32. The molecule has 0 bridgehead atoms. The van der Waals surface area contributed by atoms with Gasteiger partial charge in [-0.3, -0.25) is 4.79 Å². The van der Waals surface area contributed by atoms with Crippen LogP contribution in [0.2, 0.25) is 0 Å². The molecule has 1 heterocycles. The van der Waals surface area contributed by atoms with Crippen LogP contribution in [0.1, 0.15) is 50.7 Å². The Morgan fingerprint density at radius 2 is 1.62 bits per heavy atom. The molecule has 5 nitrogen and oxygen atoms in total. The number of nitrogens with one attached hydrogen (secondary N) is 1. The summed E-state index contributed by atoms with van der Waals surface area (Å²) < 4.78 is 1.66. The molecule has 21 heavy (non-hydrogen) atoms. The zero-order valence-corrected chi connectivity index (χ0v) is 13.0. The molecule has 0 unspecified atom stereocenters. The van der Waals surface area contributed by atoms with Crippen molar-refractivity contribution >= 4 is 11.6 Å². The fourth-order valence-corrected chi connectivity index (χ4v) is 2.34. The van der Waals surface area contributed by atoms with Crippen LogP contribution in [-0.2, 0) is 11.3 Å². The topological polar surface area (TPSA) is 59.8 Å². The summed E-state index contributed by atoms with van der Waals surface area (Å²) in [5.74, 6) is 0.646. The molecule has 1 aromatic carbocycles. The van der Waals surface area contributed by atoms with E-state index in [1.165, 1.54) is 23.8 Å². The van der Waals surface area contributed by atoms with Gasteiger partial charge >= 0.3 is 0 Å². The molecule has 1 N–H and O–H groups in total. The van der Waals surface area contributed by atoms with Crippen molar-refractivity contribution in [3.63, 3.8) is 0 Å². The van der Waals surface area contributed by atoms with Gasteiger partial charge in [-0.2, -0.15) is 0 Å². The summed E-state index contributed by atoms with van der Waals surface area (Å²) in [6, 6.07) is 6.20. The summed E-state index contributed by atoms with van der Waals surface area (Å²) in [7, 11) is 0. The number of amides is 1. The summed E-state index contributed by atoms with van der Waals surface area (Å²) in [4.78, 5) is 12.2. The molecule has 0 saturated heterocycles. The Labute approximate surface area is 125 Å². The van der Waals surface area contributed by atoms with E-state index in [0.29, 0.717) is 11.8 Å². The van der Waals surface area contributed by atoms with Crippen molar-refractivity contribution in [3.05, 3.63) is 42.0 Å². The van der Waals surface area contributed by atoms with Gasteiger partial charge in [0.15, 0.2) is 0 Å². The zero-order valence-electron chi connectivity index (χ0n) is 13.0. The number of benzene rings is 1. The fraction of sp³-hybridized carbons (Fsp3) is 0.438. The van der Waals surface area contributed by atoms with Crippen molar-refractivity contribution in [2.75, 3.05) is 5.32 Å². The number of carbonyl (C=O) groups excluding carboxylic acids is 1. The van der Waals surface area contributed by atoms with Crippen LogP contribution in [-0.4, -0.2) is 20.7 Å². The quantitative estimate of drug-likeness (QED) is 0.918. The number of hydrogen-bond acceptors (Lipinski definition) is 3. The van der Waals surface area contributed by atoms with Gasteiger partial charge in [0.1, 0.15) is 19.2 Å². The molecule has 0 aliphatic carbocycles. The molecule has 0 radical (unpaired) electrons. The van der Waals surface area contributed by atoms with E-state index in [-0.39, 0.29) is 12.5 Å². The summed E-state index contributed by atoms with van der Waals surface area (Å²) in [5, 5.41) is 10.5. The lowest BCUT2D eigenvalue weighted by molar-refractivity contribution is -0.116. The van der Waals surface area contributed by atoms with Gasteiger partial charge in [-0.05, 0) is 23.0 Å². The molecule has 0 aliphatic rings. The number of para-hydroxylation sites is 1. The Bertz CT molecular complexity index is 576. The van der Waals surface area contributed by atoms with Gasteiger partial charge in [0.05, 0.1) is 0 Å². The third kappa shape index (κ3) is 3.68. The van der Waals surface area contributed by atoms with Gasteiger partial charge < -0.3 is 9.88 Å². The maximum Gasteiger partial charge on any atom is 0.244 e. The van der Waals surface area contributed by atoms with E-state index in [1.807, 2.05) is 0 Å². The Balaban J connectivity index is 2.26. The van der Waals surface area contributed by atoms with Crippen LogP contribution >= 0.6 is 0 Å². The van der Waals surface area contributed by atoms with Crippen LogP contribution in [0.25, 0.3) is 0 Å². The Morgan fingerprint density at radius 1 is 1.10 bits per heavy atom. The number of anilines is 1. The van der Waals surface area contributed by atoms with Crippen LogP contribution in [0, 0.1) is 0 Å². The van der Waals surface area contributed by atoms with Crippen molar-refractivity contribution in [3.8, 4) is 0 Å². The van der Waals surface area contributed by atoms with E-state index in [4.69, 9.17) is 0 Å². The van der Waals surface area contributed by atoms with Crippen LogP contribution < -0.4 is 5.32 Å². The van der Waals surface area contributed by atoms with Crippen molar-refractivity contribution in [1.82, 2.24) is 14.8 Å². The second-order valence-electron chi connectivity index (χ2n) is 5.80. The summed E-state index contributed by atoms with van der Waals surface area (Å²) in [6.45, 7) is 8.75. The van der Waals surface area contributed by atoms with E-state index in [0.717, 1.165) is 5.69 Å². The molecule has 2 rings (SSSR count). The van der Waals surface area contributed by atoms with Gasteiger partial charge in [-0.25, -0.2) is 0 Å². The second-order valence-corrected chi connectivity index (χ2v) is 5.80.